The van der Waals surface area contributed by atoms with Crippen molar-refractivity contribution in [3.8, 4) is 0 Å². The summed E-state index contributed by atoms with van der Waals surface area (Å²) in [4.78, 5) is 34.4. The molecule has 1 aromatic carbocycles. The molecule has 0 saturated carbocycles. The van der Waals surface area contributed by atoms with Gasteiger partial charge in [0, 0.05) is 6.54 Å². The van der Waals surface area contributed by atoms with Crippen LogP contribution in [0.15, 0.2) is 29.1 Å². The number of H-pyrrole nitrogens is 1. The molecule has 0 amide bonds. The van der Waals surface area contributed by atoms with E-state index in [0.717, 1.165) is 16.9 Å². The van der Waals surface area contributed by atoms with E-state index in [4.69, 9.17) is 4.74 Å². The molecule has 136 valence electrons. The standard InChI is InChI=1S/C18H18FN3O3S/c1-10-14-16(23)20-13(21-17(14)26-15(10)18(24)25-3)9-22(2)8-11-4-6-12(19)7-5-11/h4-7H,8-9H2,1-3H3,(H,20,21,23). The predicted molar refractivity (Wildman–Crippen MR) is 97.9 cm³/mol. The third-order valence-electron chi connectivity index (χ3n) is 4.01. The van der Waals surface area contributed by atoms with Crippen molar-refractivity contribution in [2.24, 2.45) is 0 Å². The molecule has 1 N–H and O–H groups in total. The third kappa shape index (κ3) is 3.66. The smallest absolute Gasteiger partial charge is 0.348 e. The highest BCUT2D eigenvalue weighted by Crippen LogP contribution is 2.27. The Morgan fingerprint density at radius 1 is 1.31 bits per heavy atom. The zero-order chi connectivity index (χ0) is 18.8. The molecule has 0 unspecified atom stereocenters. The summed E-state index contributed by atoms with van der Waals surface area (Å²) in [5.74, 6) is -0.244. The van der Waals surface area contributed by atoms with E-state index in [0.29, 0.717) is 39.6 Å². The van der Waals surface area contributed by atoms with Crippen LogP contribution in [-0.2, 0) is 17.8 Å². The summed E-state index contributed by atoms with van der Waals surface area (Å²) in [5, 5.41) is 0.417. The molecule has 2 heterocycles. The molecular weight excluding hydrogens is 357 g/mol. The van der Waals surface area contributed by atoms with Crippen LogP contribution in [0.1, 0.15) is 26.6 Å². The van der Waals surface area contributed by atoms with E-state index in [-0.39, 0.29) is 11.4 Å². The summed E-state index contributed by atoms with van der Waals surface area (Å²) < 4.78 is 17.7. The summed E-state index contributed by atoms with van der Waals surface area (Å²) >= 11 is 1.15. The molecule has 0 bridgehead atoms. The Morgan fingerprint density at radius 3 is 2.65 bits per heavy atom. The van der Waals surface area contributed by atoms with Crippen LogP contribution in [0, 0.1) is 12.7 Å². The molecule has 0 aliphatic carbocycles. The van der Waals surface area contributed by atoms with E-state index in [1.54, 1.807) is 19.1 Å². The number of esters is 1. The number of halogens is 1. The minimum atomic E-state index is -0.472. The van der Waals surface area contributed by atoms with Gasteiger partial charge in [-0.25, -0.2) is 14.2 Å². The highest BCUT2D eigenvalue weighted by atomic mass is 32.1. The van der Waals surface area contributed by atoms with Crippen molar-refractivity contribution in [2.75, 3.05) is 14.2 Å². The van der Waals surface area contributed by atoms with Gasteiger partial charge in [0.2, 0.25) is 0 Å². The number of fused-ring (bicyclic) bond motifs is 1. The van der Waals surface area contributed by atoms with Crippen LogP contribution in [0.25, 0.3) is 10.2 Å². The van der Waals surface area contributed by atoms with Gasteiger partial charge in [0.25, 0.3) is 5.56 Å². The molecular formula is C18H18FN3O3S. The van der Waals surface area contributed by atoms with Crippen LogP contribution >= 0.6 is 11.3 Å². The number of aromatic amines is 1. The lowest BCUT2D eigenvalue weighted by atomic mass is 10.2. The number of ether oxygens (including phenoxy) is 1. The highest BCUT2D eigenvalue weighted by Gasteiger charge is 2.20. The molecule has 0 aliphatic rings. The zero-order valence-corrected chi connectivity index (χ0v) is 15.4. The minimum absolute atomic E-state index is 0.274. The van der Waals surface area contributed by atoms with Gasteiger partial charge in [-0.1, -0.05) is 12.1 Å². The Labute approximate surface area is 153 Å². The quantitative estimate of drug-likeness (QED) is 0.694. The summed E-state index contributed by atoms with van der Waals surface area (Å²) in [6.45, 7) is 2.70. The van der Waals surface area contributed by atoms with Gasteiger partial charge in [0.1, 0.15) is 21.3 Å². The first-order valence-electron chi connectivity index (χ1n) is 7.92. The fourth-order valence-corrected chi connectivity index (χ4v) is 3.88. The number of aryl methyl sites for hydroxylation is 1. The maximum atomic E-state index is 13.0. The van der Waals surface area contributed by atoms with E-state index in [2.05, 4.69) is 9.97 Å². The molecule has 6 nitrogen and oxygen atoms in total. The topological polar surface area (TPSA) is 75.3 Å². The van der Waals surface area contributed by atoms with Gasteiger partial charge in [0.15, 0.2) is 0 Å². The van der Waals surface area contributed by atoms with E-state index in [1.807, 2.05) is 11.9 Å². The van der Waals surface area contributed by atoms with Crippen molar-refractivity contribution < 1.29 is 13.9 Å². The lowest BCUT2D eigenvalue weighted by Gasteiger charge is -2.16. The SMILES string of the molecule is COC(=O)c1sc2nc(CN(C)Cc3ccc(F)cc3)[nH]c(=O)c2c1C. The summed E-state index contributed by atoms with van der Waals surface area (Å²) in [6.07, 6.45) is 0. The van der Waals surface area contributed by atoms with Crippen molar-refractivity contribution in [1.82, 2.24) is 14.9 Å². The van der Waals surface area contributed by atoms with E-state index in [1.165, 1.54) is 19.2 Å². The lowest BCUT2D eigenvalue weighted by molar-refractivity contribution is 0.0605. The molecule has 26 heavy (non-hydrogen) atoms. The first kappa shape index (κ1) is 18.2. The lowest BCUT2D eigenvalue weighted by Crippen LogP contribution is -2.21. The Bertz CT molecular complexity index is 1010. The number of rotatable bonds is 5. The molecule has 0 fully saturated rings. The largest absolute Gasteiger partial charge is 0.465 e. The van der Waals surface area contributed by atoms with E-state index >= 15 is 0 Å². The highest BCUT2D eigenvalue weighted by molar-refractivity contribution is 7.20. The molecule has 0 radical (unpaired) electrons. The molecule has 0 saturated heterocycles. The average molecular weight is 375 g/mol. The van der Waals surface area contributed by atoms with Crippen LogP contribution in [-0.4, -0.2) is 35.0 Å². The second kappa shape index (κ2) is 7.35. The number of carbonyl (C=O) groups is 1. The fourth-order valence-electron chi connectivity index (χ4n) is 2.76. The van der Waals surface area contributed by atoms with Gasteiger partial charge in [-0.3, -0.25) is 9.69 Å². The second-order valence-electron chi connectivity index (χ2n) is 6.04. The number of carbonyl (C=O) groups excluding carboxylic acids is 1. The van der Waals surface area contributed by atoms with E-state index < -0.39 is 5.97 Å². The zero-order valence-electron chi connectivity index (χ0n) is 14.6. The molecule has 3 rings (SSSR count). The first-order chi connectivity index (χ1) is 12.4. The summed E-state index contributed by atoms with van der Waals surface area (Å²) in [7, 11) is 3.19. The number of nitrogens with one attached hydrogen (secondary N) is 1. The number of benzene rings is 1. The summed E-state index contributed by atoms with van der Waals surface area (Å²) in [6, 6.07) is 6.27. The van der Waals surface area contributed by atoms with Crippen LogP contribution in [0.3, 0.4) is 0 Å². The maximum Gasteiger partial charge on any atom is 0.348 e. The van der Waals surface area contributed by atoms with Gasteiger partial charge >= 0.3 is 5.97 Å². The van der Waals surface area contributed by atoms with Crippen molar-refractivity contribution in [3.63, 3.8) is 0 Å². The molecule has 2 aromatic heterocycles. The van der Waals surface area contributed by atoms with Crippen LogP contribution in [0.5, 0.6) is 0 Å². The van der Waals surface area contributed by atoms with Crippen molar-refractivity contribution >= 4 is 27.5 Å². The Balaban J connectivity index is 1.85. The van der Waals surface area contributed by atoms with Crippen LogP contribution in [0.4, 0.5) is 4.39 Å². The van der Waals surface area contributed by atoms with Gasteiger partial charge in [-0.15, -0.1) is 11.3 Å². The van der Waals surface area contributed by atoms with Crippen molar-refractivity contribution in [2.45, 2.75) is 20.0 Å². The number of aromatic nitrogens is 2. The monoisotopic (exact) mass is 375 g/mol. The second-order valence-corrected chi connectivity index (χ2v) is 7.04. The number of hydrogen-bond acceptors (Lipinski definition) is 6. The first-order valence-corrected chi connectivity index (χ1v) is 8.74. The molecule has 3 aromatic rings. The average Bonchev–Trinajstić information content (AvgIpc) is 2.93. The molecule has 0 atom stereocenters. The normalized spacial score (nSPS) is 11.3. The van der Waals surface area contributed by atoms with Crippen molar-refractivity contribution in [3.05, 3.63) is 62.3 Å². The van der Waals surface area contributed by atoms with Gasteiger partial charge in [-0.2, -0.15) is 0 Å². The van der Waals surface area contributed by atoms with Gasteiger partial charge in [0.05, 0.1) is 19.0 Å². The number of hydrogen-bond donors (Lipinski definition) is 1. The van der Waals surface area contributed by atoms with Crippen LogP contribution < -0.4 is 5.56 Å². The minimum Gasteiger partial charge on any atom is -0.465 e. The Hall–Kier alpha value is -2.58. The third-order valence-corrected chi connectivity index (χ3v) is 5.17. The molecule has 8 heteroatoms. The van der Waals surface area contributed by atoms with Gasteiger partial charge in [-0.05, 0) is 37.2 Å². The van der Waals surface area contributed by atoms with Gasteiger partial charge < -0.3 is 9.72 Å². The van der Waals surface area contributed by atoms with Crippen LogP contribution in [0.2, 0.25) is 0 Å². The Morgan fingerprint density at radius 2 is 2.00 bits per heavy atom. The fraction of sp³-hybridized carbons (Fsp3) is 0.278. The van der Waals surface area contributed by atoms with Crippen molar-refractivity contribution in [1.29, 1.82) is 0 Å². The summed E-state index contributed by atoms with van der Waals surface area (Å²) in [5.41, 5.74) is 1.26. The number of thiophene rings is 1. The predicted octanol–water partition coefficient (Wildman–Crippen LogP) is 2.85. The molecule has 0 aliphatic heterocycles. The number of nitrogens with zero attached hydrogens (tertiary/aromatic N) is 2. The number of methoxy groups -OCH3 is 1. The Kier molecular flexibility index (Phi) is 5.15. The van der Waals surface area contributed by atoms with E-state index in [9.17, 15) is 14.0 Å². The molecule has 0 spiro atoms. The maximum absolute atomic E-state index is 13.0.